The zero-order valence-corrected chi connectivity index (χ0v) is 44.5. The molecule has 0 unspecified atom stereocenters. The van der Waals surface area contributed by atoms with E-state index in [1.54, 1.807) is 0 Å². The van der Waals surface area contributed by atoms with Crippen molar-refractivity contribution in [1.29, 1.82) is 0 Å². The van der Waals surface area contributed by atoms with Crippen LogP contribution in [0.5, 0.6) is 0 Å². The van der Waals surface area contributed by atoms with Crippen LogP contribution in [-0.4, -0.2) is 123 Å². The first-order valence-corrected chi connectivity index (χ1v) is 28.1. The van der Waals surface area contributed by atoms with Gasteiger partial charge in [0.2, 0.25) is 23.6 Å². The fourth-order valence-electron chi connectivity index (χ4n) is 7.54. The van der Waals surface area contributed by atoms with Crippen molar-refractivity contribution in [2.45, 2.75) is 219 Å². The molecule has 0 bridgehead atoms. The Morgan fingerprint density at radius 1 is 0.580 bits per heavy atom. The normalized spacial score (nSPS) is 13.5. The molecule has 0 aromatic rings. The predicted octanol–water partition coefficient (Wildman–Crippen LogP) is 7.57. The molecule has 0 rings (SSSR count). The molecule has 0 saturated heterocycles. The summed E-state index contributed by atoms with van der Waals surface area (Å²) >= 11 is 1.27. The maximum Gasteiger partial charge on any atom is 0.309 e. The molecule has 8 N–H and O–H groups in total. The molecule has 0 radical (unpaired) electrons. The fourth-order valence-corrected chi connectivity index (χ4v) is 8.51. The lowest BCUT2D eigenvalue weighted by atomic mass is 10.0. The Kier molecular flexibility index (Phi) is 45.3. The van der Waals surface area contributed by atoms with Crippen molar-refractivity contribution in [1.82, 2.24) is 16.0 Å². The van der Waals surface area contributed by atoms with Crippen LogP contribution in [0.1, 0.15) is 201 Å². The van der Waals surface area contributed by atoms with E-state index in [-0.39, 0.29) is 93.7 Å². The van der Waals surface area contributed by atoms with Gasteiger partial charge < -0.3 is 51.5 Å². The third-order valence-electron chi connectivity index (χ3n) is 12.1. The van der Waals surface area contributed by atoms with Gasteiger partial charge in [-0.15, -0.1) is 0 Å². The van der Waals surface area contributed by atoms with Crippen LogP contribution >= 0.6 is 11.8 Å². The highest BCUT2D eigenvalue weighted by Crippen LogP contribution is 2.19. The molecule has 4 amide bonds. The molecule has 16 nitrogen and oxygen atoms in total. The summed E-state index contributed by atoms with van der Waals surface area (Å²) in [6, 6.07) is -2.29. The number of thioether (sulfide) groups is 1. The van der Waals surface area contributed by atoms with Gasteiger partial charge in [-0.1, -0.05) is 182 Å². The van der Waals surface area contributed by atoms with Crippen LogP contribution in [0.4, 0.5) is 0 Å². The van der Waals surface area contributed by atoms with Gasteiger partial charge in [0.05, 0.1) is 57.5 Å². The quantitative estimate of drug-likeness (QED) is 0.0255. The number of unbranched alkanes of at least 4 members (excludes halogenated alkanes) is 22. The third kappa shape index (κ3) is 41.3. The Bertz CT molecular complexity index is 1320. The van der Waals surface area contributed by atoms with E-state index in [0.717, 1.165) is 38.5 Å². The lowest BCUT2D eigenvalue weighted by molar-refractivity contribution is -0.162. The molecule has 0 saturated carbocycles. The monoisotopic (exact) mass is 1000 g/mol. The number of primary amides is 1. The second-order valence-corrected chi connectivity index (χ2v) is 19.8. The molecule has 17 heteroatoms. The van der Waals surface area contributed by atoms with Gasteiger partial charge in [0, 0.05) is 24.5 Å². The molecule has 404 valence electrons. The molecule has 0 aliphatic heterocycles. The number of ether oxygens (including phenoxy) is 4. The summed E-state index contributed by atoms with van der Waals surface area (Å²) in [6.07, 6.45) is 30.6. The van der Waals surface area contributed by atoms with Crippen molar-refractivity contribution >= 4 is 47.3 Å². The van der Waals surface area contributed by atoms with Gasteiger partial charge in [0.1, 0.15) is 18.8 Å². The number of aliphatic hydroxyl groups is 1. The highest BCUT2D eigenvalue weighted by molar-refractivity contribution is 7.99. The largest absolute Gasteiger partial charge is 0.461 e. The van der Waals surface area contributed by atoms with Gasteiger partial charge >= 0.3 is 11.9 Å². The number of amides is 4. The summed E-state index contributed by atoms with van der Waals surface area (Å²) in [5.41, 5.74) is 11.2. The Hall–Kier alpha value is -2.99. The molecular weight excluding hydrogens is 903 g/mol. The van der Waals surface area contributed by atoms with Crippen molar-refractivity contribution in [3.63, 3.8) is 0 Å². The van der Waals surface area contributed by atoms with Crippen LogP contribution in [-0.2, 0) is 47.7 Å². The first-order chi connectivity index (χ1) is 33.4. The molecule has 5 atom stereocenters. The number of hydrogen-bond donors (Lipinski definition) is 6. The van der Waals surface area contributed by atoms with E-state index < -0.39 is 42.5 Å². The van der Waals surface area contributed by atoms with Gasteiger partial charge in [-0.2, -0.15) is 11.8 Å². The molecule has 69 heavy (non-hydrogen) atoms. The number of aliphatic hydroxyl groups excluding tert-OH is 1. The number of rotatable bonds is 50. The van der Waals surface area contributed by atoms with Crippen molar-refractivity contribution in [2.75, 3.05) is 64.2 Å². The first kappa shape index (κ1) is 66.0. The van der Waals surface area contributed by atoms with Crippen LogP contribution in [0.3, 0.4) is 0 Å². The molecule has 0 aliphatic carbocycles. The average molecular weight is 1000 g/mol. The lowest BCUT2D eigenvalue weighted by Gasteiger charge is -2.22. The SMILES string of the molecule is CCCCCCCCCCCCCC[C@H](C)C(=O)OC[C@H](CSC[C@H](N)C(=O)N[C@@H](CO)C(=O)NCCOCCOCCC(=O)NCC(N)=O)OC(=O)[C@@H](C)CCCCCCCCCCCCCC. The second kappa shape index (κ2) is 47.3. The van der Waals surface area contributed by atoms with Crippen LogP contribution in [0, 0.1) is 11.8 Å². The maximum absolute atomic E-state index is 13.3. The van der Waals surface area contributed by atoms with E-state index in [1.807, 2.05) is 13.8 Å². The zero-order valence-electron chi connectivity index (χ0n) is 43.6. The average Bonchev–Trinajstić information content (AvgIpc) is 3.33. The number of nitrogens with two attached hydrogens (primary N) is 2. The number of carbonyl (C=O) groups excluding carboxylic acids is 6. The Balaban J connectivity index is 4.87. The molecule has 0 aliphatic rings. The second-order valence-electron chi connectivity index (χ2n) is 18.7. The predicted molar refractivity (Wildman–Crippen MR) is 276 cm³/mol. The molecule has 0 spiro atoms. The van der Waals surface area contributed by atoms with Crippen molar-refractivity contribution in [3.05, 3.63) is 0 Å². The van der Waals surface area contributed by atoms with Gasteiger partial charge in [0.25, 0.3) is 0 Å². The number of carbonyl (C=O) groups is 6. The Morgan fingerprint density at radius 2 is 1.04 bits per heavy atom. The van der Waals surface area contributed by atoms with E-state index in [4.69, 9.17) is 30.4 Å². The van der Waals surface area contributed by atoms with E-state index >= 15 is 0 Å². The van der Waals surface area contributed by atoms with Gasteiger partial charge in [-0.05, 0) is 12.8 Å². The molecular formula is C52H99N5O11S. The van der Waals surface area contributed by atoms with E-state index in [9.17, 15) is 33.9 Å². The molecule has 0 aromatic carbocycles. The summed E-state index contributed by atoms with van der Waals surface area (Å²) in [6.45, 7) is 8.01. The minimum absolute atomic E-state index is 0.0605. The summed E-state index contributed by atoms with van der Waals surface area (Å²) in [5.74, 6) is -3.17. The van der Waals surface area contributed by atoms with Crippen LogP contribution < -0.4 is 27.4 Å². The molecule has 0 fully saturated rings. The number of esters is 2. The Morgan fingerprint density at radius 3 is 1.52 bits per heavy atom. The minimum Gasteiger partial charge on any atom is -0.461 e. The standard InChI is InChI=1S/C52H99N5O11S/c1-5-7-9-11-13-15-17-19-21-23-25-27-29-42(3)51(63)67-39-44(68-52(64)43(4)30-28-26-24-22-20-18-16-14-12-10-8-6-2)40-69-41-45(53)49(61)57-46(38-58)50(62)55-32-34-66-36-35-65-33-31-48(60)56-37-47(54)59/h42-46,58H,5-41,53H2,1-4H3,(H2,54,59)(H,55,62)(H,56,60)(H,57,61)/t42-,43-,44+,45-,46-/m0/s1. The zero-order chi connectivity index (χ0) is 51.2. The van der Waals surface area contributed by atoms with Gasteiger partial charge in [-0.3, -0.25) is 28.8 Å². The van der Waals surface area contributed by atoms with E-state index in [2.05, 4.69) is 29.8 Å². The molecule has 0 heterocycles. The molecule has 0 aromatic heterocycles. The number of hydrogen-bond acceptors (Lipinski definition) is 13. The number of nitrogens with one attached hydrogen (secondary N) is 3. The smallest absolute Gasteiger partial charge is 0.309 e. The highest BCUT2D eigenvalue weighted by Gasteiger charge is 2.26. The van der Waals surface area contributed by atoms with E-state index in [1.165, 1.54) is 134 Å². The van der Waals surface area contributed by atoms with Crippen LogP contribution in [0.15, 0.2) is 0 Å². The summed E-state index contributed by atoms with van der Waals surface area (Å²) < 4.78 is 22.4. The summed E-state index contributed by atoms with van der Waals surface area (Å²) in [4.78, 5) is 74.3. The van der Waals surface area contributed by atoms with Crippen LogP contribution in [0.2, 0.25) is 0 Å². The minimum atomic E-state index is -1.24. The van der Waals surface area contributed by atoms with Crippen molar-refractivity contribution in [3.8, 4) is 0 Å². The highest BCUT2D eigenvalue weighted by atomic mass is 32.2. The fraction of sp³-hybridized carbons (Fsp3) is 0.885. The first-order valence-electron chi connectivity index (χ1n) is 27.0. The maximum atomic E-state index is 13.3. The van der Waals surface area contributed by atoms with Crippen molar-refractivity contribution in [2.24, 2.45) is 23.3 Å². The van der Waals surface area contributed by atoms with Crippen LogP contribution in [0.25, 0.3) is 0 Å². The van der Waals surface area contributed by atoms with Gasteiger partial charge in [0.15, 0.2) is 0 Å². The van der Waals surface area contributed by atoms with E-state index in [0.29, 0.717) is 6.42 Å². The summed E-state index contributed by atoms with van der Waals surface area (Å²) in [5, 5.41) is 17.3. The third-order valence-corrected chi connectivity index (χ3v) is 13.3. The summed E-state index contributed by atoms with van der Waals surface area (Å²) in [7, 11) is 0. The van der Waals surface area contributed by atoms with Crippen molar-refractivity contribution < 1.29 is 52.8 Å². The lowest BCUT2D eigenvalue weighted by Crippen LogP contribution is -2.54. The van der Waals surface area contributed by atoms with Gasteiger partial charge in [-0.25, -0.2) is 0 Å². The topological polar surface area (TPSA) is 248 Å². The Labute approximate surface area is 421 Å².